The van der Waals surface area contributed by atoms with Crippen LogP contribution in [0.25, 0.3) is 0 Å². The number of nitrogens with two attached hydrogens (primary N) is 1. The van der Waals surface area contributed by atoms with Gasteiger partial charge in [-0.2, -0.15) is 0 Å². The van der Waals surface area contributed by atoms with Crippen LogP contribution < -0.4 is 16.6 Å². The Morgan fingerprint density at radius 3 is 3.00 bits per heavy atom. The van der Waals surface area contributed by atoms with Crippen LogP contribution in [0, 0.1) is 10.1 Å². The van der Waals surface area contributed by atoms with Crippen LogP contribution in [0.15, 0.2) is 16.1 Å². The van der Waals surface area contributed by atoms with Crippen LogP contribution >= 0.6 is 0 Å². The van der Waals surface area contributed by atoms with Crippen LogP contribution in [0.1, 0.15) is 12.0 Å². The molecular weight excluding hydrogens is 216 g/mol. The minimum Gasteiger partial charge on any atom is -0.365 e. The van der Waals surface area contributed by atoms with Crippen molar-refractivity contribution in [2.75, 3.05) is 6.54 Å². The highest BCUT2D eigenvalue weighted by Gasteiger charge is 2.01. The van der Waals surface area contributed by atoms with Gasteiger partial charge in [0, 0.05) is 18.3 Å². The molecule has 5 N–H and O–H groups in total. The summed E-state index contributed by atoms with van der Waals surface area (Å²) in [5.74, 6) is -0.243. The minimum absolute atomic E-state index is 0.160. The third-order valence-electron chi connectivity index (χ3n) is 1.84. The van der Waals surface area contributed by atoms with Gasteiger partial charge in [-0.1, -0.05) is 0 Å². The molecule has 0 amide bonds. The van der Waals surface area contributed by atoms with Gasteiger partial charge >= 0.3 is 0 Å². The minimum atomic E-state index is -0.876. The summed E-state index contributed by atoms with van der Waals surface area (Å²) in [7, 11) is 0. The molecule has 9 heteroatoms. The standard InChI is InChI=1S/C7H12N6O3/c8-7(12-13(15)16)9-3-1-2-5-4-10-11-6(5)14/h4H,1-3H2,(H3,8,9,12)(H2,10,11,14). The van der Waals surface area contributed by atoms with E-state index >= 15 is 0 Å². The van der Waals surface area contributed by atoms with E-state index in [0.717, 1.165) is 0 Å². The third kappa shape index (κ3) is 3.82. The highest BCUT2D eigenvalue weighted by atomic mass is 16.7. The number of aromatic nitrogens is 2. The lowest BCUT2D eigenvalue weighted by Gasteiger charge is -2.00. The second-order valence-electron chi connectivity index (χ2n) is 3.02. The second-order valence-corrected chi connectivity index (χ2v) is 3.02. The maximum Gasteiger partial charge on any atom is 0.267 e. The predicted molar refractivity (Wildman–Crippen MR) is 56.4 cm³/mol. The molecule has 1 rings (SSSR count). The van der Waals surface area contributed by atoms with E-state index < -0.39 is 5.03 Å². The first-order chi connectivity index (χ1) is 7.59. The number of aromatic amines is 2. The topological polar surface area (TPSA) is 142 Å². The third-order valence-corrected chi connectivity index (χ3v) is 1.84. The summed E-state index contributed by atoms with van der Waals surface area (Å²) in [6.07, 6.45) is 2.75. The summed E-state index contributed by atoms with van der Waals surface area (Å²) in [5.41, 5.74) is 5.66. The van der Waals surface area contributed by atoms with Gasteiger partial charge in [0.25, 0.3) is 11.5 Å². The molecule has 0 radical (unpaired) electrons. The van der Waals surface area contributed by atoms with Crippen molar-refractivity contribution in [1.29, 1.82) is 0 Å². The molecule has 0 atom stereocenters. The SMILES string of the molecule is N/C(=N\[N+](=O)[O-])NCCCc1c[nH][nH]c1=O. The number of guanidine groups is 1. The van der Waals surface area contributed by atoms with Gasteiger partial charge in [-0.05, 0) is 12.8 Å². The lowest BCUT2D eigenvalue weighted by molar-refractivity contribution is -0.485. The first-order valence-electron chi connectivity index (χ1n) is 4.57. The number of nitrogens with zero attached hydrogens (tertiary/aromatic N) is 2. The van der Waals surface area contributed by atoms with Gasteiger partial charge in [-0.15, -0.1) is 0 Å². The molecule has 88 valence electrons. The Hall–Kier alpha value is -2.32. The zero-order chi connectivity index (χ0) is 12.0. The smallest absolute Gasteiger partial charge is 0.267 e. The molecule has 0 saturated heterocycles. The molecule has 0 spiro atoms. The summed E-state index contributed by atoms with van der Waals surface area (Å²) >= 11 is 0. The number of hydrazone groups is 1. The van der Waals surface area contributed by atoms with Gasteiger partial charge in [0.1, 0.15) is 5.10 Å². The van der Waals surface area contributed by atoms with Gasteiger partial charge in [0.15, 0.2) is 5.03 Å². The molecule has 1 aromatic heterocycles. The highest BCUT2D eigenvalue weighted by Crippen LogP contribution is 1.92. The summed E-state index contributed by atoms with van der Waals surface area (Å²) in [6.45, 7) is 0.411. The molecule has 0 saturated carbocycles. The number of hydrogen-bond acceptors (Lipinski definition) is 3. The predicted octanol–water partition coefficient (Wildman–Crippen LogP) is -1.27. The van der Waals surface area contributed by atoms with E-state index in [1.165, 1.54) is 0 Å². The van der Waals surface area contributed by atoms with Crippen LogP contribution in [-0.4, -0.2) is 27.7 Å². The number of nitro groups is 1. The van der Waals surface area contributed by atoms with E-state index in [1.807, 2.05) is 0 Å². The quantitative estimate of drug-likeness (QED) is 0.163. The summed E-state index contributed by atoms with van der Waals surface area (Å²) in [6, 6.07) is 0. The molecule has 0 aliphatic rings. The number of H-pyrrole nitrogens is 2. The number of hydrogen-bond donors (Lipinski definition) is 4. The zero-order valence-electron chi connectivity index (χ0n) is 8.40. The molecule has 1 heterocycles. The van der Waals surface area contributed by atoms with E-state index in [1.54, 1.807) is 6.20 Å². The Kier molecular flexibility index (Phi) is 4.07. The Labute approximate surface area is 89.9 Å². The van der Waals surface area contributed by atoms with Gasteiger partial charge in [0.05, 0.1) is 0 Å². The largest absolute Gasteiger partial charge is 0.365 e. The average molecular weight is 228 g/mol. The molecule has 9 nitrogen and oxygen atoms in total. The van der Waals surface area contributed by atoms with E-state index in [0.29, 0.717) is 24.9 Å². The average Bonchev–Trinajstić information content (AvgIpc) is 2.58. The van der Waals surface area contributed by atoms with Gasteiger partial charge < -0.3 is 16.1 Å². The van der Waals surface area contributed by atoms with Gasteiger partial charge in [-0.25, -0.2) is 10.1 Å². The molecule has 0 aromatic carbocycles. The Balaban J connectivity index is 2.25. The lowest BCUT2D eigenvalue weighted by Crippen LogP contribution is -2.33. The van der Waals surface area contributed by atoms with Gasteiger partial charge in [0.2, 0.25) is 0 Å². The first-order valence-corrected chi connectivity index (χ1v) is 4.57. The van der Waals surface area contributed by atoms with Crippen LogP contribution in [0.5, 0.6) is 0 Å². The Bertz CT molecular complexity index is 433. The first kappa shape index (κ1) is 11.8. The number of nitrogens with one attached hydrogen (secondary N) is 3. The molecule has 0 bridgehead atoms. The Morgan fingerprint density at radius 1 is 1.69 bits per heavy atom. The zero-order valence-corrected chi connectivity index (χ0v) is 8.40. The molecule has 0 fully saturated rings. The fourth-order valence-corrected chi connectivity index (χ4v) is 1.14. The number of rotatable bonds is 5. The van der Waals surface area contributed by atoms with Crippen molar-refractivity contribution in [3.63, 3.8) is 0 Å². The van der Waals surface area contributed by atoms with Crippen molar-refractivity contribution in [3.8, 4) is 0 Å². The molecular formula is C7H12N6O3. The Morgan fingerprint density at radius 2 is 2.44 bits per heavy atom. The van der Waals surface area contributed by atoms with Crippen molar-refractivity contribution in [1.82, 2.24) is 15.5 Å². The molecule has 16 heavy (non-hydrogen) atoms. The molecule has 0 aliphatic heterocycles. The highest BCUT2D eigenvalue weighted by molar-refractivity contribution is 5.76. The molecule has 0 unspecified atom stereocenters. The normalized spacial score (nSPS) is 11.4. The van der Waals surface area contributed by atoms with Gasteiger partial charge in [-0.3, -0.25) is 9.89 Å². The maximum absolute atomic E-state index is 11.0. The van der Waals surface area contributed by atoms with E-state index in [4.69, 9.17) is 5.73 Å². The summed E-state index contributed by atoms with van der Waals surface area (Å²) in [4.78, 5) is 21.0. The number of aryl methyl sites for hydroxylation is 1. The van der Waals surface area contributed by atoms with Crippen molar-refractivity contribution in [2.45, 2.75) is 12.8 Å². The van der Waals surface area contributed by atoms with Crippen LogP contribution in [0.3, 0.4) is 0 Å². The fraction of sp³-hybridized carbons (Fsp3) is 0.429. The summed E-state index contributed by atoms with van der Waals surface area (Å²) in [5, 5.41) is 19.5. The monoisotopic (exact) mass is 228 g/mol. The lowest BCUT2D eigenvalue weighted by atomic mass is 10.2. The van der Waals surface area contributed by atoms with Crippen molar-refractivity contribution in [3.05, 3.63) is 32.2 Å². The van der Waals surface area contributed by atoms with Crippen LogP contribution in [0.4, 0.5) is 0 Å². The maximum atomic E-state index is 11.0. The molecule has 1 aromatic rings. The van der Waals surface area contributed by atoms with Crippen molar-refractivity contribution in [2.24, 2.45) is 10.8 Å². The fourth-order valence-electron chi connectivity index (χ4n) is 1.14. The van der Waals surface area contributed by atoms with Crippen LogP contribution in [0.2, 0.25) is 0 Å². The van der Waals surface area contributed by atoms with E-state index in [2.05, 4.69) is 20.6 Å². The van der Waals surface area contributed by atoms with E-state index in [-0.39, 0.29) is 11.5 Å². The van der Waals surface area contributed by atoms with E-state index in [9.17, 15) is 14.9 Å². The second kappa shape index (κ2) is 5.53. The summed E-state index contributed by atoms with van der Waals surface area (Å²) < 4.78 is 0. The van der Waals surface area contributed by atoms with Crippen molar-refractivity contribution >= 4 is 5.96 Å². The molecule has 0 aliphatic carbocycles. The van der Waals surface area contributed by atoms with Crippen LogP contribution in [-0.2, 0) is 6.42 Å². The van der Waals surface area contributed by atoms with Crippen molar-refractivity contribution < 1.29 is 5.03 Å².